The largest absolute Gasteiger partial charge is 0.493 e. The van der Waals surface area contributed by atoms with Crippen molar-refractivity contribution in [1.29, 1.82) is 0 Å². The molecule has 2 fully saturated rings. The highest BCUT2D eigenvalue weighted by Gasteiger charge is 2.41. The number of halogens is 2. The third-order valence-corrected chi connectivity index (χ3v) is 16.3. The van der Waals surface area contributed by atoms with Crippen LogP contribution in [0.3, 0.4) is 0 Å². The molecule has 2 atom stereocenters. The second-order valence-corrected chi connectivity index (χ2v) is 22.4. The number of aromatic nitrogens is 4. The van der Waals surface area contributed by atoms with Gasteiger partial charge in [0.1, 0.15) is 23.5 Å². The van der Waals surface area contributed by atoms with Crippen molar-refractivity contribution in [3.8, 4) is 22.6 Å². The number of esters is 1. The molecule has 2 saturated heterocycles. The lowest BCUT2D eigenvalue weighted by Crippen LogP contribution is -2.53. The molecule has 4 amide bonds. The Balaban J connectivity index is 0.816. The van der Waals surface area contributed by atoms with Crippen molar-refractivity contribution in [3.05, 3.63) is 107 Å². The average Bonchev–Trinajstić information content (AvgIpc) is 4.14. The smallest absolute Gasteiger partial charge is 0.329 e. The van der Waals surface area contributed by atoms with E-state index in [0.717, 1.165) is 27.9 Å². The molecule has 0 bridgehead atoms. The molecular weight excluding hydrogens is 1110 g/mol. The lowest BCUT2D eigenvalue weighted by Gasteiger charge is -2.36. The van der Waals surface area contributed by atoms with Crippen LogP contribution in [0.5, 0.6) is 11.5 Å². The van der Waals surface area contributed by atoms with Gasteiger partial charge in [0, 0.05) is 105 Å². The number of hydrogen-bond acceptors (Lipinski definition) is 15. The fourth-order valence-corrected chi connectivity index (χ4v) is 10.9. The first kappa shape index (κ1) is 62.7. The van der Waals surface area contributed by atoms with E-state index in [-0.39, 0.29) is 59.2 Å². The van der Waals surface area contributed by atoms with E-state index in [9.17, 15) is 28.8 Å². The first-order valence-corrected chi connectivity index (χ1v) is 29.5. The van der Waals surface area contributed by atoms with Crippen molar-refractivity contribution in [2.45, 2.75) is 104 Å². The normalized spacial score (nSPS) is 14.8. The Morgan fingerprint density at radius 3 is 2.26 bits per heavy atom. The van der Waals surface area contributed by atoms with Crippen molar-refractivity contribution in [2.24, 2.45) is 5.41 Å². The highest BCUT2D eigenvalue weighted by atomic mass is 35.5. The van der Waals surface area contributed by atoms with Gasteiger partial charge < -0.3 is 50.2 Å². The first-order chi connectivity index (χ1) is 40.9. The summed E-state index contributed by atoms with van der Waals surface area (Å²) in [6.45, 7) is 14.1. The summed E-state index contributed by atoms with van der Waals surface area (Å²) < 4.78 is 34.3. The number of nitrogens with zero attached hydrogens (tertiary/aromatic N) is 6. The van der Waals surface area contributed by atoms with E-state index in [1.54, 1.807) is 45.2 Å². The lowest BCUT2D eigenvalue weighted by atomic mass is 9.84. The summed E-state index contributed by atoms with van der Waals surface area (Å²) in [6, 6.07) is 17.6. The van der Waals surface area contributed by atoms with Gasteiger partial charge in [0.2, 0.25) is 29.5 Å². The van der Waals surface area contributed by atoms with E-state index in [0.29, 0.717) is 137 Å². The number of aromatic amines is 1. The number of rotatable bonds is 27. The molecule has 0 aliphatic carbocycles. The maximum Gasteiger partial charge on any atom is 0.329 e. The summed E-state index contributed by atoms with van der Waals surface area (Å²) in [5.41, 5.74) is 3.86. The van der Waals surface area contributed by atoms with E-state index in [2.05, 4.69) is 43.0 Å². The molecule has 2 aromatic heterocycles. The standard InChI is InChI=1S/C63H77ClFN11O9/c1-8-53(79)74-31-33-75(34-32-74)59-43-37-45(64)55(54-39(3)18-21-46-44(54)38-70-73-46)56(65)57(43)71-62(72-59)69-29-25-52(78)68-27-12-11-26-67-51(77)24-28-66-42-16-14-15-41(36-42)48(22-19-40-20-23-49(83-6)50(35-40)84-7)85-61(82)47-17-10-13-30-76(47)60(81)58(80)63(4,5)9-2/h8,14-16,18,20-21,23,35-38,47-48,66H,1,9-13,17,19,22,24-34H2,2-7H3,(H,67,77)(H,68,78)(H,70,73)(H,69,71,72)/t47-,48+/m0/s1. The first-order valence-electron chi connectivity index (χ1n) is 29.1. The third-order valence-electron chi connectivity index (χ3n) is 16.0. The third kappa shape index (κ3) is 15.3. The maximum absolute atomic E-state index is 17.0. The van der Waals surface area contributed by atoms with E-state index in [1.165, 1.54) is 11.0 Å². The zero-order valence-corrected chi connectivity index (χ0v) is 50.1. The average molecular weight is 1190 g/mol. The minimum absolute atomic E-state index is 0.0475. The molecule has 2 aliphatic rings. The number of anilines is 3. The number of fused-ring (bicyclic) bond motifs is 2. The van der Waals surface area contributed by atoms with Gasteiger partial charge in [-0.25, -0.2) is 14.2 Å². The molecule has 452 valence electrons. The molecule has 4 heterocycles. The van der Waals surface area contributed by atoms with Crippen LogP contribution in [0.25, 0.3) is 32.9 Å². The minimum Gasteiger partial charge on any atom is -0.493 e. The number of ketones is 1. The summed E-state index contributed by atoms with van der Waals surface area (Å²) in [5.74, 6) is -1.18. The number of Topliss-reactive ketones (excluding diaryl/α,β-unsaturated/α-hetero) is 1. The Bertz CT molecular complexity index is 3420. The van der Waals surface area contributed by atoms with Gasteiger partial charge in [0.05, 0.1) is 31.0 Å². The predicted octanol–water partition coefficient (Wildman–Crippen LogP) is 9.05. The molecule has 0 saturated carbocycles. The van der Waals surface area contributed by atoms with Gasteiger partial charge in [-0.15, -0.1) is 0 Å². The number of H-pyrrole nitrogens is 1. The predicted molar refractivity (Wildman–Crippen MR) is 326 cm³/mol. The van der Waals surface area contributed by atoms with Crippen molar-refractivity contribution < 1.29 is 47.4 Å². The van der Waals surface area contributed by atoms with Gasteiger partial charge in [-0.05, 0) is 117 Å². The minimum atomic E-state index is -0.897. The zero-order valence-electron chi connectivity index (χ0n) is 49.3. The van der Waals surface area contributed by atoms with Gasteiger partial charge in [0.25, 0.3) is 5.91 Å². The van der Waals surface area contributed by atoms with Crippen LogP contribution in [0.2, 0.25) is 5.02 Å². The Morgan fingerprint density at radius 1 is 0.847 bits per heavy atom. The van der Waals surface area contributed by atoms with Crippen LogP contribution in [0.15, 0.2) is 79.5 Å². The van der Waals surface area contributed by atoms with Crippen molar-refractivity contribution >= 4 is 86.2 Å². The molecule has 5 N–H and O–H groups in total. The van der Waals surface area contributed by atoms with E-state index < -0.39 is 41.0 Å². The summed E-state index contributed by atoms with van der Waals surface area (Å²) in [6.07, 6.45) is 6.88. The molecule has 20 nitrogen and oxygen atoms in total. The molecule has 8 rings (SSSR count). The SMILES string of the molecule is C=CC(=O)N1CCN(c2nc(NCCC(=O)NCCCCNC(=O)CCNc3cccc([C@@H](CCc4ccc(OC)c(OC)c4)OC(=O)[C@@H]4CCCCN4C(=O)C(=O)C(C)(C)CC)c3)nc3c(F)c(-c4c(C)ccc5[nH]ncc45)c(Cl)cc23)CC1. The Kier molecular flexibility index (Phi) is 21.4. The van der Waals surface area contributed by atoms with Gasteiger partial charge in [0.15, 0.2) is 17.3 Å². The lowest BCUT2D eigenvalue weighted by molar-refractivity contribution is -0.164. The molecule has 0 spiro atoms. The van der Waals surface area contributed by atoms with Gasteiger partial charge in [-0.2, -0.15) is 10.1 Å². The fourth-order valence-electron chi connectivity index (χ4n) is 10.6. The number of hydrogen-bond donors (Lipinski definition) is 5. The van der Waals surface area contributed by atoms with Crippen LogP contribution < -0.4 is 35.6 Å². The summed E-state index contributed by atoms with van der Waals surface area (Å²) in [4.78, 5) is 93.9. The monoisotopic (exact) mass is 1190 g/mol. The molecule has 6 aromatic rings. The molecule has 85 heavy (non-hydrogen) atoms. The number of ether oxygens (including phenoxy) is 3. The molecular formula is C63H77ClFN11O9. The number of benzene rings is 4. The quantitative estimate of drug-likeness (QED) is 0.0140. The van der Waals surface area contributed by atoms with Crippen LogP contribution in [0.1, 0.15) is 101 Å². The number of carbonyl (C=O) groups is 6. The van der Waals surface area contributed by atoms with Crippen molar-refractivity contribution in [1.82, 2.24) is 40.6 Å². The zero-order chi connectivity index (χ0) is 60.8. The highest BCUT2D eigenvalue weighted by molar-refractivity contribution is 6.38. The number of aryl methyl sites for hydroxylation is 2. The number of likely N-dealkylation sites (tertiary alicyclic amines) is 1. The summed E-state index contributed by atoms with van der Waals surface area (Å²) in [5, 5.41) is 20.7. The molecule has 0 unspecified atom stereocenters. The highest BCUT2D eigenvalue weighted by Crippen LogP contribution is 2.42. The van der Waals surface area contributed by atoms with E-state index in [1.807, 2.05) is 73.3 Å². The Labute approximate surface area is 499 Å². The second-order valence-electron chi connectivity index (χ2n) is 22.0. The van der Waals surface area contributed by atoms with Crippen LogP contribution in [0, 0.1) is 18.2 Å². The van der Waals surface area contributed by atoms with Crippen LogP contribution in [-0.2, 0) is 39.9 Å². The van der Waals surface area contributed by atoms with E-state index >= 15 is 4.39 Å². The molecule has 4 aromatic carbocycles. The van der Waals surface area contributed by atoms with Gasteiger partial charge in [-0.1, -0.05) is 63.2 Å². The fraction of sp³-hybridized carbons (Fsp3) is 0.444. The molecule has 22 heteroatoms. The van der Waals surface area contributed by atoms with Gasteiger partial charge in [-0.3, -0.25) is 29.1 Å². The number of amides is 4. The number of carbonyl (C=O) groups excluding carboxylic acids is 6. The molecule has 0 radical (unpaired) electrons. The van der Waals surface area contributed by atoms with Crippen LogP contribution in [-0.4, -0.2) is 145 Å². The number of unbranched alkanes of at least 4 members (excludes halogenated alkanes) is 1. The van der Waals surface area contributed by atoms with Crippen molar-refractivity contribution in [3.63, 3.8) is 0 Å². The Hall–Kier alpha value is -8.33. The summed E-state index contributed by atoms with van der Waals surface area (Å²) in [7, 11) is 3.14. The van der Waals surface area contributed by atoms with Crippen molar-refractivity contribution in [2.75, 3.05) is 88.7 Å². The summed E-state index contributed by atoms with van der Waals surface area (Å²) >= 11 is 6.93. The van der Waals surface area contributed by atoms with Crippen LogP contribution in [0.4, 0.5) is 21.8 Å². The van der Waals surface area contributed by atoms with E-state index in [4.69, 9.17) is 30.8 Å². The number of piperazine rings is 1. The number of methoxy groups -OCH3 is 2. The van der Waals surface area contributed by atoms with Gasteiger partial charge >= 0.3 is 5.97 Å². The topological polar surface area (TPSA) is 242 Å². The second kappa shape index (κ2) is 29.0. The number of nitrogens with one attached hydrogen (secondary N) is 5. The number of piperidine rings is 1. The van der Waals surface area contributed by atoms with Crippen LogP contribution >= 0.6 is 11.6 Å². The molecule has 2 aliphatic heterocycles. The Morgan fingerprint density at radius 2 is 1.56 bits per heavy atom. The maximum atomic E-state index is 17.0.